The number of ether oxygens (including phenoxy) is 3. The molecular formula is C20H28O5. The normalized spacial score (nSPS) is 30.3. The molecule has 5 heteroatoms. The van der Waals surface area contributed by atoms with E-state index in [1.165, 1.54) is 5.57 Å². The van der Waals surface area contributed by atoms with E-state index in [-0.39, 0.29) is 18.3 Å². The van der Waals surface area contributed by atoms with Crippen LogP contribution in [0, 0.1) is 5.41 Å². The second kappa shape index (κ2) is 7.87. The molecule has 1 aromatic carbocycles. The molecule has 2 aliphatic rings. The Morgan fingerprint density at radius 3 is 2.84 bits per heavy atom. The molecule has 5 nitrogen and oxygen atoms in total. The van der Waals surface area contributed by atoms with Gasteiger partial charge in [-0.25, -0.2) is 0 Å². The summed E-state index contributed by atoms with van der Waals surface area (Å²) in [7, 11) is 3.26. The molecule has 1 fully saturated rings. The van der Waals surface area contributed by atoms with E-state index in [4.69, 9.17) is 14.2 Å². The fourth-order valence-corrected chi connectivity index (χ4v) is 4.38. The first-order valence-corrected chi connectivity index (χ1v) is 8.92. The maximum Gasteiger partial charge on any atom is 0.147 e. The van der Waals surface area contributed by atoms with E-state index in [1.807, 2.05) is 30.3 Å². The zero-order valence-electron chi connectivity index (χ0n) is 15.0. The van der Waals surface area contributed by atoms with E-state index in [1.54, 1.807) is 14.2 Å². The van der Waals surface area contributed by atoms with Crippen molar-refractivity contribution in [3.05, 3.63) is 41.5 Å². The number of rotatable bonds is 6. The van der Waals surface area contributed by atoms with Crippen LogP contribution in [0.5, 0.6) is 5.75 Å². The minimum Gasteiger partial charge on any atom is -0.497 e. The molecule has 3 rings (SSSR count). The van der Waals surface area contributed by atoms with Crippen molar-refractivity contribution in [1.82, 2.24) is 0 Å². The highest BCUT2D eigenvalue weighted by Crippen LogP contribution is 2.56. The number of hydrogen-bond acceptors (Lipinski definition) is 5. The predicted molar refractivity (Wildman–Crippen MR) is 94.3 cm³/mol. The Kier molecular flexibility index (Phi) is 5.79. The maximum atomic E-state index is 10.4. The number of aliphatic hydroxyl groups is 2. The van der Waals surface area contributed by atoms with Gasteiger partial charge >= 0.3 is 0 Å². The Morgan fingerprint density at radius 2 is 2.08 bits per heavy atom. The highest BCUT2D eigenvalue weighted by atomic mass is 16.7. The summed E-state index contributed by atoms with van der Waals surface area (Å²) >= 11 is 0. The van der Waals surface area contributed by atoms with Crippen LogP contribution >= 0.6 is 0 Å². The summed E-state index contributed by atoms with van der Waals surface area (Å²) in [5.41, 5.74) is 1.88. The van der Waals surface area contributed by atoms with Crippen molar-refractivity contribution >= 4 is 0 Å². The topological polar surface area (TPSA) is 68.2 Å². The van der Waals surface area contributed by atoms with E-state index in [2.05, 4.69) is 0 Å². The van der Waals surface area contributed by atoms with Crippen molar-refractivity contribution in [2.24, 2.45) is 5.41 Å². The molecule has 0 amide bonds. The minimum atomic E-state index is -0.797. The Hall–Kier alpha value is -1.40. The largest absolute Gasteiger partial charge is 0.497 e. The van der Waals surface area contributed by atoms with E-state index >= 15 is 0 Å². The Bertz CT molecular complexity index is 614. The molecule has 138 valence electrons. The molecule has 2 N–H and O–H groups in total. The van der Waals surface area contributed by atoms with Gasteiger partial charge < -0.3 is 24.4 Å². The first-order chi connectivity index (χ1) is 12.1. The van der Waals surface area contributed by atoms with Crippen molar-refractivity contribution in [1.29, 1.82) is 0 Å². The average molecular weight is 348 g/mol. The highest BCUT2D eigenvalue weighted by molar-refractivity contribution is 5.35. The second-order valence-corrected chi connectivity index (χ2v) is 7.05. The first kappa shape index (κ1) is 18.4. The van der Waals surface area contributed by atoms with Crippen molar-refractivity contribution in [3.63, 3.8) is 0 Å². The van der Waals surface area contributed by atoms with Crippen LogP contribution in [0.25, 0.3) is 0 Å². The molecular weight excluding hydrogens is 320 g/mol. The smallest absolute Gasteiger partial charge is 0.147 e. The molecule has 2 aliphatic carbocycles. The summed E-state index contributed by atoms with van der Waals surface area (Å²) in [5.74, 6) is 0.776. The van der Waals surface area contributed by atoms with Gasteiger partial charge in [-0.1, -0.05) is 30.2 Å². The molecule has 0 aliphatic heterocycles. The molecule has 0 aromatic heterocycles. The van der Waals surface area contributed by atoms with E-state index in [0.717, 1.165) is 37.0 Å². The molecule has 4 atom stereocenters. The standard InChI is InChI=1S/C20H28O5/c1-23-13-25-19(14-6-5-8-16(10-14)24-2)20-9-4-3-7-15(20)11-17(21)18(22)12-20/h5-6,8,10-11,17-19,21-22H,3-4,7,9,12-13H2,1-2H3/t17?,18?,19-,20-/m0/s1. The van der Waals surface area contributed by atoms with Gasteiger partial charge in [-0.05, 0) is 43.4 Å². The van der Waals surface area contributed by atoms with E-state index < -0.39 is 12.2 Å². The molecule has 0 heterocycles. The second-order valence-electron chi connectivity index (χ2n) is 7.05. The lowest BCUT2D eigenvalue weighted by atomic mass is 9.59. The molecule has 1 saturated carbocycles. The zero-order valence-corrected chi connectivity index (χ0v) is 15.0. The lowest BCUT2D eigenvalue weighted by Crippen LogP contribution is -2.45. The number of aliphatic hydroxyl groups excluding tert-OH is 2. The van der Waals surface area contributed by atoms with Crippen LogP contribution in [0.3, 0.4) is 0 Å². The van der Waals surface area contributed by atoms with E-state index in [0.29, 0.717) is 6.42 Å². The van der Waals surface area contributed by atoms with E-state index in [9.17, 15) is 10.2 Å². The molecule has 25 heavy (non-hydrogen) atoms. The van der Waals surface area contributed by atoms with Gasteiger partial charge in [0, 0.05) is 12.5 Å². The van der Waals surface area contributed by atoms with Crippen LogP contribution in [0.4, 0.5) is 0 Å². The van der Waals surface area contributed by atoms with Crippen molar-refractivity contribution < 1.29 is 24.4 Å². The van der Waals surface area contributed by atoms with Gasteiger partial charge in [-0.15, -0.1) is 0 Å². The quantitative estimate of drug-likeness (QED) is 0.611. The number of methoxy groups -OCH3 is 2. The summed E-state index contributed by atoms with van der Waals surface area (Å²) in [6, 6.07) is 7.87. The summed E-state index contributed by atoms with van der Waals surface area (Å²) in [4.78, 5) is 0. The van der Waals surface area contributed by atoms with Gasteiger partial charge in [-0.3, -0.25) is 0 Å². The molecule has 0 radical (unpaired) electrons. The van der Waals surface area contributed by atoms with Gasteiger partial charge in [0.2, 0.25) is 0 Å². The van der Waals surface area contributed by atoms with Crippen LogP contribution in [0.1, 0.15) is 43.8 Å². The lowest BCUT2D eigenvalue weighted by molar-refractivity contribution is -0.135. The Balaban J connectivity index is 2.04. The number of hydrogen-bond donors (Lipinski definition) is 2. The van der Waals surface area contributed by atoms with Gasteiger partial charge in [0.1, 0.15) is 12.5 Å². The Labute approximate surface area is 149 Å². The fraction of sp³-hybridized carbons (Fsp3) is 0.600. The summed E-state index contributed by atoms with van der Waals surface area (Å²) in [6.45, 7) is 0.176. The van der Waals surface area contributed by atoms with Gasteiger partial charge in [0.05, 0.1) is 25.4 Å². The fourth-order valence-electron chi connectivity index (χ4n) is 4.38. The highest BCUT2D eigenvalue weighted by Gasteiger charge is 2.49. The number of benzene rings is 1. The molecule has 1 aromatic rings. The first-order valence-electron chi connectivity index (χ1n) is 8.92. The molecule has 2 unspecified atom stereocenters. The number of fused-ring (bicyclic) bond motifs is 1. The molecule has 0 saturated heterocycles. The van der Waals surface area contributed by atoms with Crippen LogP contribution in [-0.2, 0) is 9.47 Å². The summed E-state index contributed by atoms with van der Waals surface area (Å²) < 4.78 is 16.7. The SMILES string of the molecule is COCO[C@@H](c1cccc(OC)c1)[C@]12CCCCC1=CC(O)C(O)C2. The lowest BCUT2D eigenvalue weighted by Gasteiger charge is -2.49. The third-order valence-corrected chi connectivity index (χ3v) is 5.55. The van der Waals surface area contributed by atoms with Gasteiger partial charge in [0.15, 0.2) is 0 Å². The monoisotopic (exact) mass is 348 g/mol. The van der Waals surface area contributed by atoms with Crippen molar-refractivity contribution in [2.45, 2.75) is 50.4 Å². The van der Waals surface area contributed by atoms with Crippen molar-refractivity contribution in [3.8, 4) is 5.75 Å². The Morgan fingerprint density at radius 1 is 1.24 bits per heavy atom. The maximum absolute atomic E-state index is 10.4. The minimum absolute atomic E-state index is 0.176. The average Bonchev–Trinajstić information content (AvgIpc) is 2.63. The molecule has 0 spiro atoms. The van der Waals surface area contributed by atoms with Crippen LogP contribution in [0.2, 0.25) is 0 Å². The third kappa shape index (κ3) is 3.60. The zero-order chi connectivity index (χ0) is 17.9. The van der Waals surface area contributed by atoms with Crippen LogP contribution < -0.4 is 4.74 Å². The summed E-state index contributed by atoms with van der Waals surface area (Å²) in [6.07, 6.45) is 4.55. The summed E-state index contributed by atoms with van der Waals surface area (Å²) in [5, 5.41) is 20.5. The van der Waals surface area contributed by atoms with Crippen molar-refractivity contribution in [2.75, 3.05) is 21.0 Å². The van der Waals surface area contributed by atoms with Crippen LogP contribution in [0.15, 0.2) is 35.9 Å². The third-order valence-electron chi connectivity index (χ3n) is 5.55. The van der Waals surface area contributed by atoms with Crippen LogP contribution in [-0.4, -0.2) is 43.4 Å². The molecule has 0 bridgehead atoms. The predicted octanol–water partition coefficient (Wildman–Crippen LogP) is 2.97. The van der Waals surface area contributed by atoms with Gasteiger partial charge in [0.25, 0.3) is 0 Å². The van der Waals surface area contributed by atoms with Gasteiger partial charge in [-0.2, -0.15) is 0 Å².